The van der Waals surface area contributed by atoms with Gasteiger partial charge in [-0.3, -0.25) is 4.79 Å². The van der Waals surface area contributed by atoms with Crippen LogP contribution in [0.4, 0.5) is 22.7 Å². The van der Waals surface area contributed by atoms with Gasteiger partial charge in [0.1, 0.15) is 12.3 Å². The topological polar surface area (TPSA) is 80.8 Å². The van der Waals surface area contributed by atoms with Gasteiger partial charge in [-0.2, -0.15) is 4.58 Å². The quantitative estimate of drug-likeness (QED) is 0.0413. The zero-order valence-electron chi connectivity index (χ0n) is 38.7. The third kappa shape index (κ3) is 9.55. The Hall–Kier alpha value is -7.31. The maximum absolute atomic E-state index is 13.8. The number of carbonyl (C=O) groups excluding carboxylic acids is 1. The summed E-state index contributed by atoms with van der Waals surface area (Å²) in [6.07, 6.45) is 14.5. The van der Waals surface area contributed by atoms with Gasteiger partial charge in [0, 0.05) is 41.2 Å². The first-order chi connectivity index (χ1) is 31.9. The van der Waals surface area contributed by atoms with E-state index in [1.54, 1.807) is 18.2 Å². The molecule has 0 fully saturated rings. The molecule has 8 rings (SSSR count). The maximum Gasteiger partial charge on any atom is 0.335 e. The Balaban J connectivity index is 1.05. The van der Waals surface area contributed by atoms with Crippen molar-refractivity contribution in [2.24, 2.45) is 0 Å². The second-order valence-electron chi connectivity index (χ2n) is 18.0. The van der Waals surface area contributed by atoms with Crippen molar-refractivity contribution >= 4 is 57.9 Å². The SMILES string of the molecule is CCCCCCCC[N+]1=C(/C=C2/C(=O)C(/C=C/c3ccc(N(c4ccc(C=C(c5ccccc5)c5ccccc5)cc4)c4ccc(C)cc4C)cc3)=C2O)C(C)(C)c2cc(C(=O)O)ccc21. The Kier molecular flexibility index (Phi) is 13.6. The van der Waals surface area contributed by atoms with Crippen molar-refractivity contribution in [2.75, 3.05) is 11.4 Å². The van der Waals surface area contributed by atoms with Crippen LogP contribution in [-0.2, 0) is 10.2 Å². The van der Waals surface area contributed by atoms with E-state index in [1.807, 2.05) is 42.5 Å². The van der Waals surface area contributed by atoms with Gasteiger partial charge in [0.25, 0.3) is 0 Å². The Labute approximate surface area is 389 Å². The first kappa shape index (κ1) is 45.3. The van der Waals surface area contributed by atoms with Crippen molar-refractivity contribution < 1.29 is 24.4 Å². The molecule has 0 atom stereocenters. The molecule has 6 heteroatoms. The van der Waals surface area contributed by atoms with Crippen LogP contribution in [-0.4, -0.2) is 38.8 Å². The number of carboxylic acids is 1. The van der Waals surface area contributed by atoms with Crippen molar-refractivity contribution in [3.05, 3.63) is 219 Å². The average Bonchev–Trinajstić information content (AvgIpc) is 3.54. The van der Waals surface area contributed by atoms with Gasteiger partial charge < -0.3 is 15.1 Å². The van der Waals surface area contributed by atoms with Gasteiger partial charge in [0.2, 0.25) is 11.5 Å². The molecule has 0 unspecified atom stereocenters. The number of Topliss-reactive ketones (excluding diaryl/α,β-unsaturated/α-hetero) is 1. The number of allylic oxidation sites excluding steroid dienone is 4. The summed E-state index contributed by atoms with van der Waals surface area (Å²) in [6.45, 7) is 11.3. The molecule has 0 bridgehead atoms. The molecule has 6 nitrogen and oxygen atoms in total. The van der Waals surface area contributed by atoms with Crippen molar-refractivity contribution in [2.45, 2.75) is 78.6 Å². The number of rotatable bonds is 17. The highest BCUT2D eigenvalue weighted by Gasteiger charge is 2.46. The van der Waals surface area contributed by atoms with E-state index in [0.717, 1.165) is 93.2 Å². The number of unbranched alkanes of at least 4 members (excludes halogenated alkanes) is 5. The van der Waals surface area contributed by atoms with Crippen LogP contribution < -0.4 is 4.90 Å². The number of hydrogen-bond acceptors (Lipinski definition) is 4. The zero-order valence-corrected chi connectivity index (χ0v) is 38.7. The van der Waals surface area contributed by atoms with Gasteiger partial charge in [0.15, 0.2) is 5.71 Å². The van der Waals surface area contributed by atoms with Crippen LogP contribution in [0, 0.1) is 13.8 Å². The number of fused-ring (bicyclic) bond motifs is 1. The van der Waals surface area contributed by atoms with Gasteiger partial charge in [0.05, 0.1) is 22.1 Å². The molecule has 2 N–H and O–H groups in total. The summed E-state index contributed by atoms with van der Waals surface area (Å²) in [6, 6.07) is 49.7. The molecule has 0 spiro atoms. The first-order valence-electron chi connectivity index (χ1n) is 23.3. The number of anilines is 3. The number of hydrogen-bond donors (Lipinski definition) is 2. The number of aryl methyl sites for hydroxylation is 2. The van der Waals surface area contributed by atoms with E-state index in [4.69, 9.17) is 0 Å². The number of aromatic carboxylic acids is 1. The molecular weight excluding hydrogens is 813 g/mol. The first-order valence-corrected chi connectivity index (χ1v) is 23.3. The lowest BCUT2D eigenvalue weighted by Gasteiger charge is -2.27. The minimum Gasteiger partial charge on any atom is -0.506 e. The molecule has 0 amide bonds. The third-order valence-corrected chi connectivity index (χ3v) is 13.0. The van der Waals surface area contributed by atoms with Crippen LogP contribution in [0.5, 0.6) is 0 Å². The number of aliphatic hydroxyl groups is 1. The molecule has 2 aliphatic rings. The monoisotopic (exact) mass is 871 g/mol. The van der Waals surface area contributed by atoms with Gasteiger partial charge in [-0.1, -0.05) is 141 Å². The van der Waals surface area contributed by atoms with E-state index < -0.39 is 11.4 Å². The fourth-order valence-electron chi connectivity index (χ4n) is 9.28. The molecule has 1 aliphatic heterocycles. The highest BCUT2D eigenvalue weighted by Crippen LogP contribution is 2.43. The molecular formula is C60H59N2O4+. The van der Waals surface area contributed by atoms with E-state index in [0.29, 0.717) is 0 Å². The standard InChI is InChI=1S/C60H58N2O4/c1-6-7-8-9-10-17-36-61-55-35-28-47(59(65)66)39-53(55)60(4,5)56(61)40-52-57(63)50(58(52)64)33-27-43-23-29-48(30-24-43)62(54-34-22-41(2)37-42(54)3)49-31-25-44(26-32-49)38-51(45-18-13-11-14-19-45)46-20-15-12-16-21-46/h11-16,18-35,37-40H,6-10,17,36H2,1-5H3,(H-,63,64,65,66)/p+1. The Bertz CT molecular complexity index is 2870. The van der Waals surface area contributed by atoms with Gasteiger partial charge >= 0.3 is 5.97 Å². The molecule has 332 valence electrons. The number of carbonyl (C=O) groups is 2. The van der Waals surface area contributed by atoms with Gasteiger partial charge in [-0.05, 0) is 122 Å². The lowest BCUT2D eigenvalue weighted by atomic mass is 9.78. The molecule has 6 aromatic carbocycles. The largest absolute Gasteiger partial charge is 0.506 e. The number of carboxylic acid groups (broad SMARTS) is 1. The lowest BCUT2D eigenvalue weighted by Crippen LogP contribution is -2.31. The molecule has 1 aliphatic carbocycles. The summed E-state index contributed by atoms with van der Waals surface area (Å²) in [4.78, 5) is 28.0. The minimum absolute atomic E-state index is 0.0307. The third-order valence-electron chi connectivity index (χ3n) is 13.0. The van der Waals surface area contributed by atoms with Gasteiger partial charge in [-0.15, -0.1) is 0 Å². The average molecular weight is 872 g/mol. The second-order valence-corrected chi connectivity index (χ2v) is 18.0. The molecule has 0 radical (unpaired) electrons. The number of benzene rings is 6. The maximum atomic E-state index is 13.8. The highest BCUT2D eigenvalue weighted by molar-refractivity contribution is 6.24. The summed E-state index contributed by atoms with van der Waals surface area (Å²) >= 11 is 0. The number of ketones is 1. The van der Waals surface area contributed by atoms with Crippen LogP contribution in [0.25, 0.3) is 17.7 Å². The minimum atomic E-state index is -0.974. The number of aliphatic hydroxyl groups excluding tert-OH is 1. The van der Waals surface area contributed by atoms with Gasteiger partial charge in [-0.25, -0.2) is 4.79 Å². The van der Waals surface area contributed by atoms with E-state index in [1.165, 1.54) is 24.8 Å². The van der Waals surface area contributed by atoms with Crippen LogP contribution in [0.1, 0.15) is 109 Å². The molecule has 0 aromatic heterocycles. The summed E-state index contributed by atoms with van der Waals surface area (Å²) < 4.78 is 2.21. The Morgan fingerprint density at radius 3 is 1.88 bits per heavy atom. The van der Waals surface area contributed by atoms with Crippen molar-refractivity contribution in [3.8, 4) is 0 Å². The van der Waals surface area contributed by atoms with E-state index >= 15 is 0 Å². The normalized spacial score (nSPS) is 14.7. The fraction of sp³-hybridized carbons (Fsp3) is 0.217. The van der Waals surface area contributed by atoms with Crippen LogP contribution in [0.15, 0.2) is 175 Å². The molecule has 0 saturated heterocycles. The molecule has 1 heterocycles. The smallest absolute Gasteiger partial charge is 0.335 e. The van der Waals surface area contributed by atoms with Crippen LogP contribution >= 0.6 is 0 Å². The summed E-state index contributed by atoms with van der Waals surface area (Å²) in [7, 11) is 0. The summed E-state index contributed by atoms with van der Waals surface area (Å²) in [5.41, 5.74) is 13.8. The van der Waals surface area contributed by atoms with Crippen molar-refractivity contribution in [1.29, 1.82) is 0 Å². The zero-order chi connectivity index (χ0) is 46.4. The van der Waals surface area contributed by atoms with Crippen LogP contribution in [0.3, 0.4) is 0 Å². The Morgan fingerprint density at radius 1 is 0.682 bits per heavy atom. The molecule has 0 saturated carbocycles. The highest BCUT2D eigenvalue weighted by atomic mass is 16.4. The summed E-state index contributed by atoms with van der Waals surface area (Å²) in [5.74, 6) is -1.22. The Morgan fingerprint density at radius 2 is 1.29 bits per heavy atom. The van der Waals surface area contributed by atoms with E-state index in [9.17, 15) is 19.8 Å². The fourth-order valence-corrected chi connectivity index (χ4v) is 9.28. The second kappa shape index (κ2) is 19.8. The number of nitrogens with zero attached hydrogens (tertiary/aromatic N) is 2. The van der Waals surface area contributed by atoms with E-state index in [-0.39, 0.29) is 28.3 Å². The van der Waals surface area contributed by atoms with Crippen molar-refractivity contribution in [1.82, 2.24) is 0 Å². The van der Waals surface area contributed by atoms with Crippen molar-refractivity contribution in [3.63, 3.8) is 0 Å². The summed E-state index contributed by atoms with van der Waals surface area (Å²) in [5, 5.41) is 21.2. The van der Waals surface area contributed by atoms with E-state index in [2.05, 4.69) is 153 Å². The lowest BCUT2D eigenvalue weighted by molar-refractivity contribution is -0.438. The van der Waals surface area contributed by atoms with Crippen LogP contribution in [0.2, 0.25) is 0 Å². The molecule has 6 aromatic rings. The molecule has 66 heavy (non-hydrogen) atoms. The predicted octanol–water partition coefficient (Wildman–Crippen LogP) is 14.8. The predicted molar refractivity (Wildman–Crippen MR) is 272 cm³/mol.